The number of nitrogens with one attached hydrogen (secondary N) is 2. The van der Waals surface area contributed by atoms with Crippen LogP contribution in [-0.2, 0) is 0 Å². The first-order valence-electron chi connectivity index (χ1n) is 7.59. The second-order valence-corrected chi connectivity index (χ2v) is 6.64. The monoisotopic (exact) mass is 293 g/mol. The number of rotatable bonds is 8. The van der Waals surface area contributed by atoms with Crippen molar-refractivity contribution in [2.75, 3.05) is 40.8 Å². The van der Waals surface area contributed by atoms with Gasteiger partial charge in [-0.1, -0.05) is 12.1 Å². The van der Waals surface area contributed by atoms with Crippen molar-refractivity contribution in [2.24, 2.45) is 0 Å². The molecule has 0 aromatic heterocycles. The van der Waals surface area contributed by atoms with Crippen LogP contribution in [-0.4, -0.2) is 51.3 Å². The fraction of sp³-hybridized carbons (Fsp3) is 0.647. The number of likely N-dealkylation sites (N-methyl/N-ethyl adjacent to an activating group) is 1. The number of ether oxygens (including phenoxy) is 1. The Morgan fingerprint density at radius 3 is 2.48 bits per heavy atom. The predicted octanol–water partition coefficient (Wildman–Crippen LogP) is 2.28. The van der Waals surface area contributed by atoms with Crippen molar-refractivity contribution in [3.8, 4) is 5.75 Å². The molecule has 0 saturated carbocycles. The first-order valence-corrected chi connectivity index (χ1v) is 7.59. The maximum Gasteiger partial charge on any atom is 0.119 e. The molecule has 0 bridgehead atoms. The molecule has 0 radical (unpaired) electrons. The standard InChI is InChI=1S/C17H31N3O/c1-17(2,3)19-11-10-18-13-16(20(4)5)14-8-7-9-15(12-14)21-6/h7-9,12,16,18-19H,10-11,13H2,1-6H3. The van der Waals surface area contributed by atoms with Gasteiger partial charge in [0.25, 0.3) is 0 Å². The van der Waals surface area contributed by atoms with Gasteiger partial charge in [-0.05, 0) is 52.6 Å². The average Bonchev–Trinajstić information content (AvgIpc) is 2.41. The Kier molecular flexibility index (Phi) is 7.15. The summed E-state index contributed by atoms with van der Waals surface area (Å²) in [6.07, 6.45) is 0. The van der Waals surface area contributed by atoms with Crippen molar-refractivity contribution < 1.29 is 4.74 Å². The predicted molar refractivity (Wildman–Crippen MR) is 90.0 cm³/mol. The van der Waals surface area contributed by atoms with Crippen LogP contribution in [0.5, 0.6) is 5.75 Å². The molecule has 4 heteroatoms. The maximum absolute atomic E-state index is 5.32. The van der Waals surface area contributed by atoms with Gasteiger partial charge in [-0.15, -0.1) is 0 Å². The highest BCUT2D eigenvalue weighted by Gasteiger charge is 2.14. The Labute approximate surface area is 129 Å². The van der Waals surface area contributed by atoms with Crippen LogP contribution in [0, 0.1) is 0 Å². The summed E-state index contributed by atoms with van der Waals surface area (Å²) in [5, 5.41) is 7.02. The Morgan fingerprint density at radius 2 is 1.90 bits per heavy atom. The first-order chi connectivity index (χ1) is 9.83. The molecule has 4 nitrogen and oxygen atoms in total. The van der Waals surface area contributed by atoms with E-state index in [2.05, 4.69) is 62.5 Å². The lowest BCUT2D eigenvalue weighted by Crippen LogP contribution is -2.41. The number of nitrogens with zero attached hydrogens (tertiary/aromatic N) is 1. The van der Waals surface area contributed by atoms with Crippen molar-refractivity contribution in [1.29, 1.82) is 0 Å². The van der Waals surface area contributed by atoms with Gasteiger partial charge in [0, 0.05) is 31.2 Å². The van der Waals surface area contributed by atoms with E-state index in [0.717, 1.165) is 25.4 Å². The lowest BCUT2D eigenvalue weighted by atomic mass is 10.1. The van der Waals surface area contributed by atoms with Gasteiger partial charge in [-0.2, -0.15) is 0 Å². The van der Waals surface area contributed by atoms with Gasteiger partial charge >= 0.3 is 0 Å². The zero-order chi connectivity index (χ0) is 15.9. The van der Waals surface area contributed by atoms with Crippen LogP contribution in [0.25, 0.3) is 0 Å². The van der Waals surface area contributed by atoms with E-state index >= 15 is 0 Å². The molecule has 0 saturated heterocycles. The summed E-state index contributed by atoms with van der Waals surface area (Å²) in [7, 11) is 5.93. The number of benzene rings is 1. The largest absolute Gasteiger partial charge is 0.497 e. The third kappa shape index (κ3) is 6.93. The summed E-state index contributed by atoms with van der Waals surface area (Å²) >= 11 is 0. The van der Waals surface area contributed by atoms with E-state index in [0.29, 0.717) is 6.04 Å². The first kappa shape index (κ1) is 18.0. The molecule has 0 aliphatic carbocycles. The Balaban J connectivity index is 2.50. The van der Waals surface area contributed by atoms with Crippen molar-refractivity contribution >= 4 is 0 Å². The molecule has 0 amide bonds. The minimum atomic E-state index is 0.176. The molecular formula is C17H31N3O. The van der Waals surface area contributed by atoms with E-state index in [-0.39, 0.29) is 5.54 Å². The lowest BCUT2D eigenvalue weighted by Gasteiger charge is -2.26. The van der Waals surface area contributed by atoms with Crippen LogP contribution in [0.1, 0.15) is 32.4 Å². The van der Waals surface area contributed by atoms with Gasteiger partial charge < -0.3 is 20.3 Å². The molecule has 0 fully saturated rings. The van der Waals surface area contributed by atoms with Gasteiger partial charge in [0.05, 0.1) is 7.11 Å². The quantitative estimate of drug-likeness (QED) is 0.721. The van der Waals surface area contributed by atoms with Crippen molar-refractivity contribution in [3.63, 3.8) is 0 Å². The SMILES string of the molecule is COc1cccc(C(CNCCNC(C)(C)C)N(C)C)c1. The van der Waals surface area contributed by atoms with Gasteiger partial charge in [0.15, 0.2) is 0 Å². The van der Waals surface area contributed by atoms with Crippen LogP contribution < -0.4 is 15.4 Å². The average molecular weight is 293 g/mol. The third-order valence-corrected chi connectivity index (χ3v) is 3.40. The zero-order valence-corrected chi connectivity index (χ0v) is 14.4. The summed E-state index contributed by atoms with van der Waals surface area (Å²) in [5.74, 6) is 0.911. The Morgan fingerprint density at radius 1 is 1.19 bits per heavy atom. The summed E-state index contributed by atoms with van der Waals surface area (Å²) in [4.78, 5) is 2.24. The molecule has 1 atom stereocenters. The molecule has 2 N–H and O–H groups in total. The van der Waals surface area contributed by atoms with Crippen LogP contribution in [0.4, 0.5) is 0 Å². The molecule has 0 heterocycles. The third-order valence-electron chi connectivity index (χ3n) is 3.40. The highest BCUT2D eigenvalue weighted by molar-refractivity contribution is 5.30. The summed E-state index contributed by atoms with van der Waals surface area (Å²) in [6.45, 7) is 9.42. The summed E-state index contributed by atoms with van der Waals surface area (Å²) < 4.78 is 5.32. The molecule has 0 aliphatic heterocycles. The minimum absolute atomic E-state index is 0.176. The van der Waals surface area contributed by atoms with Crippen molar-refractivity contribution in [1.82, 2.24) is 15.5 Å². The highest BCUT2D eigenvalue weighted by Crippen LogP contribution is 2.21. The highest BCUT2D eigenvalue weighted by atomic mass is 16.5. The van der Waals surface area contributed by atoms with E-state index in [1.54, 1.807) is 7.11 Å². The van der Waals surface area contributed by atoms with E-state index < -0.39 is 0 Å². The van der Waals surface area contributed by atoms with Crippen molar-refractivity contribution in [3.05, 3.63) is 29.8 Å². The van der Waals surface area contributed by atoms with Gasteiger partial charge in [0.1, 0.15) is 5.75 Å². The smallest absolute Gasteiger partial charge is 0.119 e. The summed E-state index contributed by atoms with van der Waals surface area (Å²) in [5.41, 5.74) is 1.45. The van der Waals surface area contributed by atoms with Gasteiger partial charge in [-0.3, -0.25) is 0 Å². The van der Waals surface area contributed by atoms with Crippen LogP contribution in [0.3, 0.4) is 0 Å². The number of hydrogen-bond donors (Lipinski definition) is 2. The second-order valence-electron chi connectivity index (χ2n) is 6.64. The maximum atomic E-state index is 5.32. The Bertz CT molecular complexity index is 413. The topological polar surface area (TPSA) is 36.5 Å². The number of hydrogen-bond acceptors (Lipinski definition) is 4. The molecule has 120 valence electrons. The molecule has 1 aromatic rings. The fourth-order valence-corrected chi connectivity index (χ4v) is 2.21. The summed E-state index contributed by atoms with van der Waals surface area (Å²) in [6, 6.07) is 8.64. The lowest BCUT2D eigenvalue weighted by molar-refractivity contribution is 0.286. The zero-order valence-electron chi connectivity index (χ0n) is 14.4. The molecule has 0 aliphatic rings. The van der Waals surface area contributed by atoms with E-state index in [1.165, 1.54) is 5.56 Å². The Hall–Kier alpha value is -1.10. The molecule has 1 rings (SSSR count). The molecule has 1 aromatic carbocycles. The molecule has 1 unspecified atom stereocenters. The fourth-order valence-electron chi connectivity index (χ4n) is 2.21. The minimum Gasteiger partial charge on any atom is -0.497 e. The van der Waals surface area contributed by atoms with Crippen LogP contribution >= 0.6 is 0 Å². The van der Waals surface area contributed by atoms with Gasteiger partial charge in [-0.25, -0.2) is 0 Å². The van der Waals surface area contributed by atoms with E-state index in [1.807, 2.05) is 12.1 Å². The van der Waals surface area contributed by atoms with Gasteiger partial charge in [0.2, 0.25) is 0 Å². The normalized spacial score (nSPS) is 13.5. The molecule has 21 heavy (non-hydrogen) atoms. The van der Waals surface area contributed by atoms with Crippen LogP contribution in [0.15, 0.2) is 24.3 Å². The second kappa shape index (κ2) is 8.37. The van der Waals surface area contributed by atoms with E-state index in [9.17, 15) is 0 Å². The molecular weight excluding hydrogens is 262 g/mol. The number of methoxy groups -OCH3 is 1. The van der Waals surface area contributed by atoms with Crippen molar-refractivity contribution in [2.45, 2.75) is 32.4 Å². The van der Waals surface area contributed by atoms with E-state index in [4.69, 9.17) is 4.74 Å². The van der Waals surface area contributed by atoms with Crippen LogP contribution in [0.2, 0.25) is 0 Å². The molecule has 0 spiro atoms.